The van der Waals surface area contributed by atoms with Crippen LogP contribution >= 0.6 is 11.8 Å². The van der Waals surface area contributed by atoms with Crippen LogP contribution in [0.3, 0.4) is 0 Å². The molecule has 0 bridgehead atoms. The van der Waals surface area contributed by atoms with Gasteiger partial charge in [-0.3, -0.25) is 10.1 Å². The Labute approximate surface area is 117 Å². The number of rotatable bonds is 3. The normalized spacial score (nSPS) is 22.3. The Morgan fingerprint density at radius 3 is 2.21 bits per heavy atom. The summed E-state index contributed by atoms with van der Waals surface area (Å²) in [6, 6.07) is 19.5. The number of hydrogen-bond acceptors (Lipinski definition) is 3. The Kier molecular flexibility index (Phi) is 3.40. The van der Waals surface area contributed by atoms with Gasteiger partial charge < -0.3 is 0 Å². The van der Waals surface area contributed by atoms with Crippen molar-refractivity contribution in [1.29, 1.82) is 0 Å². The second kappa shape index (κ2) is 5.19. The first kappa shape index (κ1) is 12.5. The van der Waals surface area contributed by atoms with Crippen molar-refractivity contribution in [2.24, 2.45) is 0 Å². The van der Waals surface area contributed by atoms with Gasteiger partial charge in [-0.15, -0.1) is 11.8 Å². The van der Waals surface area contributed by atoms with Crippen molar-refractivity contribution in [1.82, 2.24) is 5.32 Å². The predicted octanol–water partition coefficient (Wildman–Crippen LogP) is 3.06. The minimum atomic E-state index is -0.622. The first-order chi connectivity index (χ1) is 9.33. The summed E-state index contributed by atoms with van der Waals surface area (Å²) in [5.74, 6) is 1.09. The van der Waals surface area contributed by atoms with E-state index < -0.39 is 4.87 Å². The van der Waals surface area contributed by atoms with E-state index in [1.54, 1.807) is 11.8 Å². The largest absolute Gasteiger partial charge is 0.292 e. The molecule has 0 aliphatic carbocycles. The summed E-state index contributed by atoms with van der Waals surface area (Å²) in [4.78, 5) is 12.3. The van der Waals surface area contributed by atoms with Gasteiger partial charge in [0.2, 0.25) is 0 Å². The Hall–Kier alpha value is -1.58. The smallest absolute Gasteiger partial charge is 0.197 e. The molecule has 1 heterocycles. The quantitative estimate of drug-likeness (QED) is 0.868. The summed E-state index contributed by atoms with van der Waals surface area (Å²) >= 11 is 1.69. The Bertz CT molecular complexity index is 562. The SMILES string of the molecule is O=C(c1ccccc1)[C@]1(c2ccccc2)NCCS1. The predicted molar refractivity (Wildman–Crippen MR) is 79.4 cm³/mol. The van der Waals surface area contributed by atoms with Crippen LogP contribution in [0.25, 0.3) is 0 Å². The number of ketones is 1. The van der Waals surface area contributed by atoms with Crippen LogP contribution in [0.15, 0.2) is 60.7 Å². The summed E-state index contributed by atoms with van der Waals surface area (Å²) in [6.07, 6.45) is 0. The zero-order valence-corrected chi connectivity index (χ0v) is 11.3. The molecule has 3 rings (SSSR count). The molecule has 1 atom stereocenters. The topological polar surface area (TPSA) is 29.1 Å². The molecule has 2 aromatic rings. The molecular weight excluding hydrogens is 254 g/mol. The molecular formula is C16H15NOS. The molecule has 0 spiro atoms. The van der Waals surface area contributed by atoms with Gasteiger partial charge in [0.05, 0.1) is 0 Å². The molecule has 1 fully saturated rings. The van der Waals surface area contributed by atoms with E-state index in [4.69, 9.17) is 0 Å². The highest BCUT2D eigenvalue weighted by Crippen LogP contribution is 2.40. The molecule has 3 heteroatoms. The van der Waals surface area contributed by atoms with Gasteiger partial charge in [-0.05, 0) is 5.56 Å². The molecule has 2 nitrogen and oxygen atoms in total. The first-order valence-corrected chi connectivity index (χ1v) is 7.36. The molecule has 1 N–H and O–H groups in total. The third kappa shape index (κ3) is 2.20. The zero-order valence-electron chi connectivity index (χ0n) is 10.5. The summed E-state index contributed by atoms with van der Waals surface area (Å²) in [7, 11) is 0. The fraction of sp³-hybridized carbons (Fsp3) is 0.188. The van der Waals surface area contributed by atoms with E-state index in [0.29, 0.717) is 0 Å². The van der Waals surface area contributed by atoms with Gasteiger partial charge >= 0.3 is 0 Å². The van der Waals surface area contributed by atoms with Gasteiger partial charge in [0.1, 0.15) is 0 Å². The van der Waals surface area contributed by atoms with E-state index in [9.17, 15) is 4.79 Å². The van der Waals surface area contributed by atoms with E-state index in [-0.39, 0.29) is 5.78 Å². The van der Waals surface area contributed by atoms with Crippen LogP contribution in [0.2, 0.25) is 0 Å². The molecule has 2 aromatic carbocycles. The van der Waals surface area contributed by atoms with E-state index in [1.807, 2.05) is 60.7 Å². The fourth-order valence-electron chi connectivity index (χ4n) is 2.41. The van der Waals surface area contributed by atoms with Crippen molar-refractivity contribution in [2.75, 3.05) is 12.3 Å². The lowest BCUT2D eigenvalue weighted by Gasteiger charge is -2.27. The van der Waals surface area contributed by atoms with Crippen molar-refractivity contribution in [2.45, 2.75) is 4.87 Å². The molecule has 0 amide bonds. The molecule has 0 unspecified atom stereocenters. The second-order valence-electron chi connectivity index (χ2n) is 4.52. The van der Waals surface area contributed by atoms with E-state index in [1.165, 1.54) is 0 Å². The van der Waals surface area contributed by atoms with Gasteiger partial charge in [0.25, 0.3) is 0 Å². The second-order valence-corrected chi connectivity index (χ2v) is 5.83. The van der Waals surface area contributed by atoms with Crippen LogP contribution in [0.5, 0.6) is 0 Å². The van der Waals surface area contributed by atoms with Gasteiger partial charge in [0, 0.05) is 17.9 Å². The summed E-state index contributed by atoms with van der Waals surface area (Å²) in [5, 5.41) is 3.40. The maximum Gasteiger partial charge on any atom is 0.197 e. The number of Topliss-reactive ketones (excluding diaryl/α,β-unsaturated/α-hetero) is 1. The third-order valence-corrected chi connectivity index (χ3v) is 4.74. The molecule has 0 aromatic heterocycles. The van der Waals surface area contributed by atoms with Crippen LogP contribution in [0, 0.1) is 0 Å². The molecule has 1 saturated heterocycles. The standard InChI is InChI=1S/C16H15NOS/c18-15(13-7-3-1-4-8-13)16(17-11-12-19-16)14-9-5-2-6-10-14/h1-10,17H,11-12H2/t16-/m1/s1. The number of nitrogens with one attached hydrogen (secondary N) is 1. The highest BCUT2D eigenvalue weighted by molar-refractivity contribution is 8.01. The van der Waals surface area contributed by atoms with Crippen LogP contribution in [0.4, 0.5) is 0 Å². The number of benzene rings is 2. The van der Waals surface area contributed by atoms with Crippen molar-refractivity contribution in [3.63, 3.8) is 0 Å². The van der Waals surface area contributed by atoms with E-state index in [2.05, 4.69) is 5.32 Å². The molecule has 1 aliphatic rings. The Morgan fingerprint density at radius 1 is 1.00 bits per heavy atom. The third-order valence-electron chi connectivity index (χ3n) is 3.33. The lowest BCUT2D eigenvalue weighted by molar-refractivity contribution is 0.0927. The van der Waals surface area contributed by atoms with Crippen LogP contribution < -0.4 is 5.32 Å². The maximum atomic E-state index is 12.9. The highest BCUT2D eigenvalue weighted by Gasteiger charge is 2.43. The van der Waals surface area contributed by atoms with Crippen molar-refractivity contribution in [3.8, 4) is 0 Å². The van der Waals surface area contributed by atoms with Crippen LogP contribution in [-0.4, -0.2) is 18.1 Å². The fourth-order valence-corrected chi connectivity index (χ4v) is 3.68. The lowest BCUT2D eigenvalue weighted by atomic mass is 9.96. The number of carbonyl (C=O) groups excluding carboxylic acids is 1. The van der Waals surface area contributed by atoms with Crippen LogP contribution in [0.1, 0.15) is 15.9 Å². The molecule has 0 saturated carbocycles. The van der Waals surface area contributed by atoms with Gasteiger partial charge in [-0.1, -0.05) is 60.7 Å². The first-order valence-electron chi connectivity index (χ1n) is 6.37. The Morgan fingerprint density at radius 2 is 1.63 bits per heavy atom. The maximum absolute atomic E-state index is 12.9. The molecule has 1 aliphatic heterocycles. The molecule has 96 valence electrons. The van der Waals surface area contributed by atoms with E-state index in [0.717, 1.165) is 23.4 Å². The lowest BCUT2D eigenvalue weighted by Crippen LogP contribution is -2.42. The highest BCUT2D eigenvalue weighted by atomic mass is 32.2. The number of thioether (sulfide) groups is 1. The summed E-state index contributed by atoms with van der Waals surface area (Å²) < 4.78 is 0. The Balaban J connectivity index is 2.05. The van der Waals surface area contributed by atoms with E-state index >= 15 is 0 Å². The summed E-state index contributed by atoms with van der Waals surface area (Å²) in [5.41, 5.74) is 1.79. The van der Waals surface area contributed by atoms with Gasteiger partial charge in [-0.2, -0.15) is 0 Å². The average molecular weight is 269 g/mol. The number of carbonyl (C=O) groups is 1. The minimum Gasteiger partial charge on any atom is -0.292 e. The number of hydrogen-bond donors (Lipinski definition) is 1. The van der Waals surface area contributed by atoms with Gasteiger partial charge in [-0.25, -0.2) is 0 Å². The summed E-state index contributed by atoms with van der Waals surface area (Å²) in [6.45, 7) is 0.859. The minimum absolute atomic E-state index is 0.141. The van der Waals surface area contributed by atoms with Crippen molar-refractivity contribution >= 4 is 17.5 Å². The van der Waals surface area contributed by atoms with Crippen LogP contribution in [-0.2, 0) is 4.87 Å². The van der Waals surface area contributed by atoms with Crippen molar-refractivity contribution in [3.05, 3.63) is 71.8 Å². The monoisotopic (exact) mass is 269 g/mol. The molecule has 0 radical (unpaired) electrons. The van der Waals surface area contributed by atoms with Crippen molar-refractivity contribution < 1.29 is 4.79 Å². The zero-order chi connectivity index (χ0) is 13.1. The van der Waals surface area contributed by atoms with Gasteiger partial charge in [0.15, 0.2) is 10.7 Å². The molecule has 19 heavy (non-hydrogen) atoms. The average Bonchev–Trinajstić information content (AvgIpc) is 2.99.